The maximum absolute atomic E-state index is 12.7. The Balaban J connectivity index is 1.22. The summed E-state index contributed by atoms with van der Waals surface area (Å²) in [5.74, 6) is 1.06. The lowest BCUT2D eigenvalue weighted by Gasteiger charge is -2.09. The Morgan fingerprint density at radius 2 is 1.03 bits per heavy atom. The second-order valence-electron chi connectivity index (χ2n) is 7.10. The summed E-state index contributed by atoms with van der Waals surface area (Å²) in [6.45, 7) is 0.493. The summed E-state index contributed by atoms with van der Waals surface area (Å²) in [6, 6.07) is 17.3. The predicted molar refractivity (Wildman–Crippen MR) is 139 cm³/mol. The molecule has 0 aliphatic rings. The summed E-state index contributed by atoms with van der Waals surface area (Å²) in [4.78, 5) is 8.70. The molecule has 4 rings (SSSR count). The molecule has 0 spiro atoms. The predicted octanol–water partition coefficient (Wildman–Crippen LogP) is 3.42. The Morgan fingerprint density at radius 3 is 1.47 bits per heavy atom. The summed E-state index contributed by atoms with van der Waals surface area (Å²) in [5.41, 5.74) is 0.876. The van der Waals surface area contributed by atoms with E-state index in [9.17, 15) is 16.8 Å². The van der Waals surface area contributed by atoms with Crippen LogP contribution in [0, 0.1) is 0 Å². The highest BCUT2D eigenvalue weighted by molar-refractivity contribution is 8.76. The second kappa shape index (κ2) is 11.0. The fourth-order valence-electron chi connectivity index (χ4n) is 3.29. The van der Waals surface area contributed by atoms with Crippen molar-refractivity contribution >= 4 is 63.4 Å². The summed E-state index contributed by atoms with van der Waals surface area (Å²) >= 11 is 0. The molecule has 0 aliphatic heterocycles. The van der Waals surface area contributed by atoms with Gasteiger partial charge in [0.1, 0.15) is 9.79 Å². The molecular weight excluding hydrogens is 513 g/mol. The quantitative estimate of drug-likeness (QED) is 0.222. The highest BCUT2D eigenvalue weighted by atomic mass is 33.1. The third-order valence-corrected chi connectivity index (χ3v) is 10.2. The van der Waals surface area contributed by atoms with Gasteiger partial charge >= 0.3 is 0 Å². The molecule has 178 valence electrons. The molecule has 0 aliphatic carbocycles. The van der Waals surface area contributed by atoms with E-state index in [-0.39, 0.29) is 22.9 Å². The highest BCUT2D eigenvalue weighted by Crippen LogP contribution is 2.23. The van der Waals surface area contributed by atoms with E-state index in [1.165, 1.54) is 33.7 Å². The first-order chi connectivity index (χ1) is 16.4. The number of rotatable bonds is 11. The number of para-hydroxylation sites is 2. The number of hydrogen-bond acceptors (Lipinski definition) is 8. The van der Waals surface area contributed by atoms with Crippen molar-refractivity contribution in [1.82, 2.24) is 19.4 Å². The fourth-order valence-corrected chi connectivity index (χ4v) is 7.79. The van der Waals surface area contributed by atoms with E-state index in [2.05, 4.69) is 19.4 Å². The number of aromatic nitrogens is 2. The number of pyridine rings is 2. The number of nitrogens with one attached hydrogen (secondary N) is 2. The first-order valence-electron chi connectivity index (χ1n) is 10.3. The number of benzene rings is 2. The molecule has 2 aromatic heterocycles. The van der Waals surface area contributed by atoms with Gasteiger partial charge in [-0.25, -0.2) is 26.3 Å². The topological polar surface area (TPSA) is 118 Å². The van der Waals surface area contributed by atoms with Crippen molar-refractivity contribution in [3.8, 4) is 0 Å². The van der Waals surface area contributed by atoms with E-state index < -0.39 is 20.0 Å². The summed E-state index contributed by atoms with van der Waals surface area (Å²) < 4.78 is 55.9. The normalized spacial score (nSPS) is 12.4. The Labute approximate surface area is 206 Å². The van der Waals surface area contributed by atoms with E-state index in [0.29, 0.717) is 22.5 Å². The molecule has 2 heterocycles. The average molecular weight is 535 g/mol. The van der Waals surface area contributed by atoms with E-state index in [1.54, 1.807) is 36.7 Å². The minimum atomic E-state index is -3.68. The minimum absolute atomic E-state index is 0.153. The van der Waals surface area contributed by atoms with Crippen LogP contribution in [0.2, 0.25) is 0 Å². The second-order valence-corrected chi connectivity index (χ2v) is 13.3. The molecule has 0 atom stereocenters. The van der Waals surface area contributed by atoms with Gasteiger partial charge in [0.05, 0.1) is 11.0 Å². The van der Waals surface area contributed by atoms with Crippen LogP contribution in [0.5, 0.6) is 0 Å². The van der Waals surface area contributed by atoms with Gasteiger partial charge in [-0.15, -0.1) is 0 Å². The molecule has 0 unspecified atom stereocenters. The average Bonchev–Trinajstić information content (AvgIpc) is 2.84. The van der Waals surface area contributed by atoms with Gasteiger partial charge in [-0.05, 0) is 24.3 Å². The molecule has 0 amide bonds. The summed E-state index contributed by atoms with van der Waals surface area (Å²) in [5, 5.41) is 1.52. The van der Waals surface area contributed by atoms with Crippen molar-refractivity contribution in [3.05, 3.63) is 73.1 Å². The van der Waals surface area contributed by atoms with Gasteiger partial charge in [-0.2, -0.15) is 0 Å². The van der Waals surface area contributed by atoms with Gasteiger partial charge in [0.2, 0.25) is 20.0 Å². The Hall–Kier alpha value is -2.22. The first kappa shape index (κ1) is 24.9. The maximum atomic E-state index is 12.7. The zero-order chi connectivity index (χ0) is 24.0. The van der Waals surface area contributed by atoms with Crippen molar-refractivity contribution in [1.29, 1.82) is 0 Å². The van der Waals surface area contributed by atoms with Crippen LogP contribution in [0.3, 0.4) is 0 Å². The van der Waals surface area contributed by atoms with Crippen LogP contribution >= 0.6 is 21.6 Å². The van der Waals surface area contributed by atoms with Crippen molar-refractivity contribution in [2.24, 2.45) is 0 Å². The Bertz CT molecular complexity index is 1390. The van der Waals surface area contributed by atoms with Crippen LogP contribution in [-0.4, -0.2) is 51.4 Å². The lowest BCUT2D eigenvalue weighted by Crippen LogP contribution is -2.27. The lowest BCUT2D eigenvalue weighted by molar-refractivity contribution is 0.583. The molecule has 12 heteroatoms. The Morgan fingerprint density at radius 1 is 0.618 bits per heavy atom. The molecule has 4 aromatic rings. The van der Waals surface area contributed by atoms with Crippen molar-refractivity contribution in [2.75, 3.05) is 24.6 Å². The maximum Gasteiger partial charge on any atom is 0.242 e. The van der Waals surface area contributed by atoms with Gasteiger partial charge < -0.3 is 0 Å². The van der Waals surface area contributed by atoms with Crippen molar-refractivity contribution in [3.63, 3.8) is 0 Å². The van der Waals surface area contributed by atoms with Crippen molar-refractivity contribution < 1.29 is 16.8 Å². The molecule has 0 bridgehead atoms. The largest absolute Gasteiger partial charge is 0.255 e. The van der Waals surface area contributed by atoms with Gasteiger partial charge in [-0.1, -0.05) is 58.0 Å². The number of fused-ring (bicyclic) bond motifs is 2. The molecule has 8 nitrogen and oxygen atoms in total. The smallest absolute Gasteiger partial charge is 0.242 e. The highest BCUT2D eigenvalue weighted by Gasteiger charge is 2.18. The fraction of sp³-hybridized carbons (Fsp3) is 0.182. The van der Waals surface area contributed by atoms with Crippen LogP contribution in [0.1, 0.15) is 0 Å². The third kappa shape index (κ3) is 5.88. The van der Waals surface area contributed by atoms with E-state index in [1.807, 2.05) is 24.3 Å². The van der Waals surface area contributed by atoms with Crippen molar-refractivity contribution in [2.45, 2.75) is 9.79 Å². The zero-order valence-corrected chi connectivity index (χ0v) is 21.2. The van der Waals surface area contributed by atoms with Gasteiger partial charge in [0.25, 0.3) is 0 Å². The molecule has 34 heavy (non-hydrogen) atoms. The van der Waals surface area contributed by atoms with E-state index in [4.69, 9.17) is 0 Å². The molecule has 0 saturated carbocycles. The monoisotopic (exact) mass is 534 g/mol. The number of hydrogen-bond donors (Lipinski definition) is 2. The van der Waals surface area contributed by atoms with Gasteiger partial charge in [-0.3, -0.25) is 9.97 Å². The number of sulfonamides is 2. The molecule has 0 radical (unpaired) electrons. The van der Waals surface area contributed by atoms with Gasteiger partial charge in [0.15, 0.2) is 0 Å². The van der Waals surface area contributed by atoms with E-state index >= 15 is 0 Å². The molecule has 0 fully saturated rings. The SMILES string of the molecule is O=S(=O)(NCCSSCCNS(=O)(=O)c1cccc2cccnc12)c1cccc2cccnc12. The Kier molecular flexibility index (Phi) is 8.06. The molecule has 2 N–H and O–H groups in total. The van der Waals surface area contributed by atoms with Crippen LogP contribution in [-0.2, 0) is 20.0 Å². The van der Waals surface area contributed by atoms with Crippen LogP contribution < -0.4 is 9.44 Å². The van der Waals surface area contributed by atoms with Gasteiger partial charge in [0, 0.05) is 47.8 Å². The first-order valence-corrected chi connectivity index (χ1v) is 15.8. The summed E-state index contributed by atoms with van der Waals surface area (Å²) in [7, 11) is -4.43. The van der Waals surface area contributed by atoms with Crippen LogP contribution in [0.15, 0.2) is 82.8 Å². The van der Waals surface area contributed by atoms with E-state index in [0.717, 1.165) is 10.8 Å². The lowest BCUT2D eigenvalue weighted by atomic mass is 10.2. The van der Waals surface area contributed by atoms with Crippen LogP contribution in [0.4, 0.5) is 0 Å². The summed E-state index contributed by atoms with van der Waals surface area (Å²) in [6.07, 6.45) is 3.14. The minimum Gasteiger partial charge on any atom is -0.255 e. The number of nitrogens with zero attached hydrogens (tertiary/aromatic N) is 2. The third-order valence-electron chi connectivity index (χ3n) is 4.81. The standard InChI is InChI=1S/C22H22N4O4S4/c27-33(28,19-9-1-5-17-7-3-11-23-21(17)19)25-13-15-31-32-16-14-26-34(29,30)20-10-2-6-18-8-4-12-24-22(18)20/h1-12,25-26H,13-16H2. The zero-order valence-electron chi connectivity index (χ0n) is 17.9. The molecular formula is C22H22N4O4S4. The molecule has 0 saturated heterocycles. The van der Waals surface area contributed by atoms with Crippen LogP contribution in [0.25, 0.3) is 21.8 Å². The molecule has 2 aromatic carbocycles.